The second kappa shape index (κ2) is 5.85. The monoisotopic (exact) mass is 230 g/mol. The number of carbonyl (C=O) groups excluding carboxylic acids is 1. The number of hydrogen-bond acceptors (Lipinski definition) is 4. The molecule has 82 valence electrons. The Labute approximate surface area is 90.9 Å². The molecule has 0 spiro atoms. The van der Waals surface area contributed by atoms with E-state index in [-0.39, 0.29) is 17.9 Å². The van der Waals surface area contributed by atoms with Gasteiger partial charge in [0.2, 0.25) is 0 Å². The molecule has 0 saturated heterocycles. The molecule has 0 saturated carbocycles. The van der Waals surface area contributed by atoms with Crippen molar-refractivity contribution in [1.82, 2.24) is 0 Å². The fourth-order valence-corrected chi connectivity index (χ4v) is 1.95. The Morgan fingerprint density at radius 1 is 1.53 bits per heavy atom. The Balaban J connectivity index is 2.76. The molecule has 0 heterocycles. The lowest BCUT2D eigenvalue weighted by atomic mass is 10.2. The van der Waals surface area contributed by atoms with Gasteiger partial charge in [0.25, 0.3) is 0 Å². The van der Waals surface area contributed by atoms with Gasteiger partial charge in [0, 0.05) is 10.6 Å². The van der Waals surface area contributed by atoms with Crippen LogP contribution in [0.5, 0.6) is 0 Å². The van der Waals surface area contributed by atoms with Crippen LogP contribution in [-0.2, 0) is 0 Å². The van der Waals surface area contributed by atoms with Crippen molar-refractivity contribution in [3.05, 3.63) is 29.6 Å². The van der Waals surface area contributed by atoms with E-state index in [0.29, 0.717) is 11.2 Å². The van der Waals surface area contributed by atoms with Crippen molar-refractivity contribution >= 4 is 18.0 Å². The summed E-state index contributed by atoms with van der Waals surface area (Å²) < 4.78 is 13.1. The van der Waals surface area contributed by atoms with Gasteiger partial charge in [-0.2, -0.15) is 0 Å². The van der Waals surface area contributed by atoms with Crippen LogP contribution in [0.3, 0.4) is 0 Å². The molecule has 0 fully saturated rings. The molecule has 0 aromatic heterocycles. The summed E-state index contributed by atoms with van der Waals surface area (Å²) in [5.41, 5.74) is -0.00682. The lowest BCUT2D eigenvalue weighted by molar-refractivity contribution is 0.111. The molecule has 1 aromatic carbocycles. The fraction of sp³-hybridized carbons (Fsp3) is 0.300. The molecular weight excluding hydrogens is 219 g/mol. The van der Waals surface area contributed by atoms with Gasteiger partial charge in [-0.15, -0.1) is 11.8 Å². The van der Waals surface area contributed by atoms with Gasteiger partial charge in [-0.3, -0.25) is 4.79 Å². The average Bonchev–Trinajstić information content (AvgIpc) is 2.25. The highest BCUT2D eigenvalue weighted by atomic mass is 32.2. The van der Waals surface area contributed by atoms with Crippen LogP contribution >= 0.6 is 11.8 Å². The summed E-state index contributed by atoms with van der Waals surface area (Å²) in [5, 5.41) is 17.7. The summed E-state index contributed by atoms with van der Waals surface area (Å²) in [6.45, 7) is -0.348. The van der Waals surface area contributed by atoms with Gasteiger partial charge >= 0.3 is 0 Å². The molecule has 1 unspecified atom stereocenters. The molecule has 0 radical (unpaired) electrons. The Morgan fingerprint density at radius 2 is 2.27 bits per heavy atom. The van der Waals surface area contributed by atoms with Crippen molar-refractivity contribution in [2.45, 2.75) is 11.0 Å². The molecule has 15 heavy (non-hydrogen) atoms. The van der Waals surface area contributed by atoms with E-state index in [9.17, 15) is 9.18 Å². The second-order valence-corrected chi connectivity index (χ2v) is 3.98. The van der Waals surface area contributed by atoms with Crippen LogP contribution in [-0.4, -0.2) is 35.0 Å². The van der Waals surface area contributed by atoms with Crippen LogP contribution in [0, 0.1) is 5.82 Å². The quantitative estimate of drug-likeness (QED) is 0.587. The Hall–Kier alpha value is -0.910. The van der Waals surface area contributed by atoms with E-state index in [1.165, 1.54) is 12.1 Å². The molecule has 0 aliphatic rings. The largest absolute Gasteiger partial charge is 0.394 e. The second-order valence-electron chi connectivity index (χ2n) is 2.92. The summed E-state index contributed by atoms with van der Waals surface area (Å²) >= 11 is 1.14. The maximum atomic E-state index is 13.1. The van der Waals surface area contributed by atoms with Crippen LogP contribution in [0.2, 0.25) is 0 Å². The molecule has 1 aromatic rings. The molecule has 3 nitrogen and oxygen atoms in total. The number of aliphatic hydroxyl groups is 2. The predicted octanol–water partition coefficient (Wildman–Crippen LogP) is 1.08. The van der Waals surface area contributed by atoms with Crippen LogP contribution in [0.15, 0.2) is 23.1 Å². The molecule has 0 amide bonds. The number of aliphatic hydroxyl groups excluding tert-OH is 2. The predicted molar refractivity (Wildman–Crippen MR) is 55.6 cm³/mol. The molecule has 1 rings (SSSR count). The molecular formula is C10H11FO3S. The van der Waals surface area contributed by atoms with Gasteiger partial charge in [-0.25, -0.2) is 4.39 Å². The summed E-state index contributed by atoms with van der Waals surface area (Å²) in [6, 6.07) is 4.30. The highest BCUT2D eigenvalue weighted by Gasteiger charge is 2.09. The van der Waals surface area contributed by atoms with E-state index >= 15 is 0 Å². The summed E-state index contributed by atoms with van der Waals surface area (Å²) in [5.74, 6) is -0.352. The first-order valence-electron chi connectivity index (χ1n) is 4.34. The third-order valence-corrected chi connectivity index (χ3v) is 2.99. The third kappa shape index (κ3) is 3.30. The highest BCUT2D eigenvalue weighted by Crippen LogP contribution is 2.24. The van der Waals surface area contributed by atoms with Gasteiger partial charge in [0.05, 0.1) is 18.3 Å². The number of benzene rings is 1. The van der Waals surface area contributed by atoms with Crippen molar-refractivity contribution in [3.8, 4) is 0 Å². The van der Waals surface area contributed by atoms with Gasteiger partial charge < -0.3 is 10.2 Å². The third-order valence-electron chi connectivity index (χ3n) is 1.77. The molecule has 0 aliphatic heterocycles. The summed E-state index contributed by atoms with van der Waals surface area (Å²) in [7, 11) is 0. The van der Waals surface area contributed by atoms with Crippen molar-refractivity contribution < 1.29 is 19.4 Å². The van der Waals surface area contributed by atoms with Crippen LogP contribution in [0.4, 0.5) is 4.39 Å². The molecule has 0 bridgehead atoms. The number of thioether (sulfide) groups is 1. The summed E-state index contributed by atoms with van der Waals surface area (Å²) in [6.07, 6.45) is -0.416. The van der Waals surface area contributed by atoms with E-state index in [2.05, 4.69) is 0 Å². The van der Waals surface area contributed by atoms with Crippen LogP contribution in [0.1, 0.15) is 10.4 Å². The van der Waals surface area contributed by atoms with Gasteiger partial charge in [0.15, 0.2) is 6.29 Å². The summed E-state index contributed by atoms with van der Waals surface area (Å²) in [4.78, 5) is 11.1. The zero-order valence-electron chi connectivity index (χ0n) is 7.89. The topological polar surface area (TPSA) is 57.5 Å². The standard InChI is InChI=1S/C10H11FO3S/c11-9-2-1-3-10(8(9)5-13)15-6-7(14)4-12/h1-3,5,7,12,14H,4,6H2. The minimum Gasteiger partial charge on any atom is -0.394 e. The van der Waals surface area contributed by atoms with E-state index in [4.69, 9.17) is 10.2 Å². The normalized spacial score (nSPS) is 12.5. The minimum absolute atomic E-state index is 0.00682. The first kappa shape index (κ1) is 12.2. The van der Waals surface area contributed by atoms with Crippen LogP contribution < -0.4 is 0 Å². The van der Waals surface area contributed by atoms with Crippen LogP contribution in [0.25, 0.3) is 0 Å². The Kier molecular flexibility index (Phi) is 4.74. The number of halogens is 1. The smallest absolute Gasteiger partial charge is 0.154 e. The van der Waals surface area contributed by atoms with E-state index < -0.39 is 11.9 Å². The molecule has 5 heteroatoms. The van der Waals surface area contributed by atoms with Gasteiger partial charge in [0.1, 0.15) is 5.82 Å². The van der Waals surface area contributed by atoms with Gasteiger partial charge in [-0.05, 0) is 12.1 Å². The van der Waals surface area contributed by atoms with Gasteiger partial charge in [-0.1, -0.05) is 6.07 Å². The first-order chi connectivity index (χ1) is 7.19. The number of hydrogen-bond donors (Lipinski definition) is 2. The van der Waals surface area contributed by atoms with E-state index in [0.717, 1.165) is 11.8 Å². The number of rotatable bonds is 5. The van der Waals surface area contributed by atoms with Crippen molar-refractivity contribution in [1.29, 1.82) is 0 Å². The zero-order valence-corrected chi connectivity index (χ0v) is 8.71. The Morgan fingerprint density at radius 3 is 2.87 bits per heavy atom. The number of aldehydes is 1. The van der Waals surface area contributed by atoms with Crippen molar-refractivity contribution in [2.24, 2.45) is 0 Å². The average molecular weight is 230 g/mol. The molecule has 2 N–H and O–H groups in total. The molecule has 0 aliphatic carbocycles. The fourth-order valence-electron chi connectivity index (χ4n) is 0.996. The SMILES string of the molecule is O=Cc1c(F)cccc1SCC(O)CO. The minimum atomic E-state index is -0.863. The first-order valence-corrected chi connectivity index (χ1v) is 5.33. The lowest BCUT2D eigenvalue weighted by Crippen LogP contribution is -2.14. The van der Waals surface area contributed by atoms with Crippen molar-refractivity contribution in [2.75, 3.05) is 12.4 Å². The van der Waals surface area contributed by atoms with Crippen molar-refractivity contribution in [3.63, 3.8) is 0 Å². The van der Waals surface area contributed by atoms with E-state index in [1.54, 1.807) is 6.07 Å². The lowest BCUT2D eigenvalue weighted by Gasteiger charge is -2.08. The molecule has 1 atom stereocenters. The van der Waals surface area contributed by atoms with E-state index in [1.807, 2.05) is 0 Å². The zero-order chi connectivity index (χ0) is 11.3. The maximum Gasteiger partial charge on any atom is 0.154 e. The number of carbonyl (C=O) groups is 1. The Bertz CT molecular complexity index is 343. The highest BCUT2D eigenvalue weighted by molar-refractivity contribution is 7.99. The maximum absolute atomic E-state index is 13.1.